The average Bonchev–Trinajstić information content (AvgIpc) is 3.48. The monoisotopic (exact) mass is 568 g/mol. The van der Waals surface area contributed by atoms with Crippen LogP contribution in [0.2, 0.25) is 0 Å². The number of rotatable bonds is 9. The molecular weight excluding hydrogens is 537 g/mol. The number of aromatic nitrogens is 3. The topological polar surface area (TPSA) is 157 Å². The number of H-pyrrole nitrogens is 1. The van der Waals surface area contributed by atoms with Crippen molar-refractivity contribution in [2.75, 3.05) is 6.61 Å². The van der Waals surface area contributed by atoms with Crippen LogP contribution in [0, 0.1) is 0 Å². The molecule has 0 saturated carbocycles. The fourth-order valence-electron chi connectivity index (χ4n) is 3.35. The molecule has 0 saturated heterocycles. The van der Waals surface area contributed by atoms with E-state index in [0.29, 0.717) is 35.0 Å². The predicted molar refractivity (Wildman–Crippen MR) is 135 cm³/mol. The molecule has 3 N–H and O–H groups in total. The molecule has 1 aromatic carbocycles. The number of hydrogen-bond donors (Lipinski definition) is 3. The van der Waals surface area contributed by atoms with Gasteiger partial charge in [0.05, 0.1) is 18.7 Å². The Morgan fingerprint density at radius 2 is 1.65 bits per heavy atom. The molecule has 2 aromatic heterocycles. The number of halogens is 3. The van der Waals surface area contributed by atoms with Crippen LogP contribution in [0.5, 0.6) is 0 Å². The van der Waals surface area contributed by atoms with E-state index in [1.807, 2.05) is 37.3 Å². The minimum absolute atomic E-state index is 0.228. The van der Waals surface area contributed by atoms with Crippen molar-refractivity contribution < 1.29 is 46.6 Å². The van der Waals surface area contributed by atoms with Crippen molar-refractivity contribution in [3.05, 3.63) is 58.7 Å². The van der Waals surface area contributed by atoms with Crippen molar-refractivity contribution in [3.8, 4) is 11.5 Å². The molecule has 0 atom stereocenters. The standard InChI is InChI=1S/C24H30N4O5.C2HF3O2/c1-6-16-19(22(29)31-7-2)17(26-20(16)23(30)33-24(3,4)5)13-25-14-18-27-28-21(32-18)15-11-9-8-10-12-15;3-2(4,5)1(6)7/h8-12,25-26H,6-7,13-14H2,1-5H3;(H,6,7). The third-order valence-corrected chi connectivity index (χ3v) is 4.93. The quantitative estimate of drug-likeness (QED) is 0.310. The van der Waals surface area contributed by atoms with Crippen molar-refractivity contribution in [1.29, 1.82) is 0 Å². The maximum absolute atomic E-state index is 12.8. The fourth-order valence-corrected chi connectivity index (χ4v) is 3.35. The maximum atomic E-state index is 12.8. The Kier molecular flexibility index (Phi) is 11.0. The van der Waals surface area contributed by atoms with Gasteiger partial charge in [-0.1, -0.05) is 25.1 Å². The zero-order chi connectivity index (χ0) is 30.1. The number of nitrogens with zero attached hydrogens (tertiary/aromatic N) is 2. The largest absolute Gasteiger partial charge is 0.490 e. The molecule has 3 rings (SSSR count). The second-order valence-electron chi connectivity index (χ2n) is 9.18. The number of alkyl halides is 3. The Labute approximate surface area is 228 Å². The summed E-state index contributed by atoms with van der Waals surface area (Å²) >= 11 is 0. The molecule has 40 heavy (non-hydrogen) atoms. The van der Waals surface area contributed by atoms with Gasteiger partial charge in [-0.2, -0.15) is 13.2 Å². The molecule has 218 valence electrons. The molecule has 0 aliphatic heterocycles. The second-order valence-corrected chi connectivity index (χ2v) is 9.18. The predicted octanol–water partition coefficient (Wildman–Crippen LogP) is 4.68. The summed E-state index contributed by atoms with van der Waals surface area (Å²) in [4.78, 5) is 37.4. The van der Waals surface area contributed by atoms with Crippen LogP contribution in [0.15, 0.2) is 34.7 Å². The number of aromatic amines is 1. The zero-order valence-electron chi connectivity index (χ0n) is 22.6. The maximum Gasteiger partial charge on any atom is 0.490 e. The number of aliphatic carboxylic acids is 1. The van der Waals surface area contributed by atoms with Crippen LogP contribution in [-0.4, -0.2) is 56.6 Å². The number of carboxylic acids is 1. The number of esters is 2. The lowest BCUT2D eigenvalue weighted by molar-refractivity contribution is -0.192. The molecule has 0 aliphatic carbocycles. The van der Waals surface area contributed by atoms with Gasteiger partial charge in [-0.05, 0) is 51.8 Å². The van der Waals surface area contributed by atoms with E-state index >= 15 is 0 Å². The summed E-state index contributed by atoms with van der Waals surface area (Å²) in [7, 11) is 0. The first-order valence-corrected chi connectivity index (χ1v) is 12.2. The summed E-state index contributed by atoms with van der Waals surface area (Å²) in [5.41, 5.74) is 1.89. The number of carboxylic acid groups (broad SMARTS) is 1. The number of carbonyl (C=O) groups is 3. The summed E-state index contributed by atoms with van der Waals surface area (Å²) in [6.45, 7) is 9.76. The number of ether oxygens (including phenoxy) is 2. The number of benzene rings is 1. The van der Waals surface area contributed by atoms with E-state index < -0.39 is 29.7 Å². The highest BCUT2D eigenvalue weighted by atomic mass is 19.4. The molecule has 0 radical (unpaired) electrons. The van der Waals surface area contributed by atoms with Crippen molar-refractivity contribution >= 4 is 17.9 Å². The van der Waals surface area contributed by atoms with Crippen LogP contribution in [0.4, 0.5) is 13.2 Å². The molecule has 2 heterocycles. The molecule has 0 bridgehead atoms. The molecule has 3 aromatic rings. The fraction of sp³-hybridized carbons (Fsp3) is 0.423. The van der Waals surface area contributed by atoms with E-state index in [9.17, 15) is 22.8 Å². The van der Waals surface area contributed by atoms with Gasteiger partial charge in [0.25, 0.3) is 0 Å². The van der Waals surface area contributed by atoms with Crippen LogP contribution in [-0.2, 0) is 33.8 Å². The Hall–Kier alpha value is -4.20. The summed E-state index contributed by atoms with van der Waals surface area (Å²) in [5.74, 6) is -2.92. The molecule has 0 amide bonds. The summed E-state index contributed by atoms with van der Waals surface area (Å²) in [6, 6.07) is 9.48. The molecular formula is C26H31F3N4O7. The van der Waals surface area contributed by atoms with E-state index in [1.54, 1.807) is 27.7 Å². The molecule has 0 unspecified atom stereocenters. The first kappa shape index (κ1) is 32.0. The Bertz CT molecular complexity index is 1300. The number of hydrogen-bond acceptors (Lipinski definition) is 9. The van der Waals surface area contributed by atoms with E-state index in [0.717, 1.165) is 5.56 Å². The third kappa shape index (κ3) is 9.22. The van der Waals surface area contributed by atoms with E-state index in [2.05, 4.69) is 20.5 Å². The molecule has 11 nitrogen and oxygen atoms in total. The molecule has 14 heteroatoms. The van der Waals surface area contributed by atoms with Crippen molar-refractivity contribution in [2.45, 2.75) is 65.9 Å². The minimum Gasteiger partial charge on any atom is -0.475 e. The lowest BCUT2D eigenvalue weighted by Gasteiger charge is -2.19. The Morgan fingerprint density at radius 1 is 1.02 bits per heavy atom. The first-order chi connectivity index (χ1) is 18.7. The van der Waals surface area contributed by atoms with Crippen molar-refractivity contribution in [1.82, 2.24) is 20.5 Å². The zero-order valence-corrected chi connectivity index (χ0v) is 22.6. The van der Waals surface area contributed by atoms with Crippen LogP contribution in [0.1, 0.15) is 72.6 Å². The molecule has 0 spiro atoms. The van der Waals surface area contributed by atoms with Gasteiger partial charge in [-0.15, -0.1) is 10.2 Å². The number of nitrogens with one attached hydrogen (secondary N) is 2. The Balaban J connectivity index is 0.000000708. The van der Waals surface area contributed by atoms with E-state index in [-0.39, 0.29) is 25.4 Å². The summed E-state index contributed by atoms with van der Waals surface area (Å²) < 4.78 is 48.2. The molecule has 0 aliphatic rings. The minimum atomic E-state index is -5.08. The van der Waals surface area contributed by atoms with Gasteiger partial charge in [0, 0.05) is 17.8 Å². The van der Waals surface area contributed by atoms with Gasteiger partial charge < -0.3 is 29.3 Å². The van der Waals surface area contributed by atoms with Gasteiger partial charge in [-0.25, -0.2) is 14.4 Å². The van der Waals surface area contributed by atoms with Gasteiger partial charge >= 0.3 is 24.1 Å². The van der Waals surface area contributed by atoms with Gasteiger partial charge in [-0.3, -0.25) is 0 Å². The van der Waals surface area contributed by atoms with E-state index in [1.165, 1.54) is 0 Å². The van der Waals surface area contributed by atoms with Gasteiger partial charge in [0.2, 0.25) is 11.8 Å². The van der Waals surface area contributed by atoms with Gasteiger partial charge in [0.1, 0.15) is 11.3 Å². The third-order valence-electron chi connectivity index (χ3n) is 4.93. The highest BCUT2D eigenvalue weighted by Gasteiger charge is 2.38. The van der Waals surface area contributed by atoms with Crippen LogP contribution in [0.3, 0.4) is 0 Å². The first-order valence-electron chi connectivity index (χ1n) is 12.2. The van der Waals surface area contributed by atoms with Crippen LogP contribution >= 0.6 is 0 Å². The number of carbonyl (C=O) groups excluding carboxylic acids is 2. The summed E-state index contributed by atoms with van der Waals surface area (Å²) in [6.07, 6.45) is -4.62. The van der Waals surface area contributed by atoms with Gasteiger partial charge in [0.15, 0.2) is 0 Å². The average molecular weight is 569 g/mol. The molecule has 0 fully saturated rings. The lowest BCUT2D eigenvalue weighted by Crippen LogP contribution is -2.24. The normalized spacial score (nSPS) is 11.4. The highest BCUT2D eigenvalue weighted by Crippen LogP contribution is 2.24. The van der Waals surface area contributed by atoms with Crippen LogP contribution < -0.4 is 5.32 Å². The highest BCUT2D eigenvalue weighted by molar-refractivity contribution is 5.99. The van der Waals surface area contributed by atoms with Crippen molar-refractivity contribution in [3.63, 3.8) is 0 Å². The SMILES string of the molecule is CCOC(=O)c1c(CNCc2nnc(-c3ccccc3)o2)[nH]c(C(=O)OC(C)(C)C)c1CC.O=C(O)C(F)(F)F. The second kappa shape index (κ2) is 13.7. The van der Waals surface area contributed by atoms with Crippen LogP contribution in [0.25, 0.3) is 11.5 Å². The van der Waals surface area contributed by atoms with Crippen molar-refractivity contribution in [2.24, 2.45) is 0 Å². The Morgan fingerprint density at radius 3 is 2.17 bits per heavy atom. The summed E-state index contributed by atoms with van der Waals surface area (Å²) in [5, 5.41) is 18.4. The van der Waals surface area contributed by atoms with E-state index in [4.69, 9.17) is 23.8 Å². The lowest BCUT2D eigenvalue weighted by atomic mass is 10.1. The smallest absolute Gasteiger partial charge is 0.475 e.